The van der Waals surface area contributed by atoms with Crippen molar-refractivity contribution in [3.8, 4) is 0 Å². The number of hydrogen-bond acceptors (Lipinski definition) is 2. The number of nitrogens with one attached hydrogen (secondary N) is 1. The molecule has 80 valence electrons. The summed E-state index contributed by atoms with van der Waals surface area (Å²) in [6.07, 6.45) is 7.90. The molecule has 1 N–H and O–H groups in total. The van der Waals surface area contributed by atoms with Crippen LogP contribution in [0.3, 0.4) is 0 Å². The first-order chi connectivity index (χ1) is 6.77. The molecule has 3 aliphatic rings. The Kier molecular flexibility index (Phi) is 2.10. The smallest absolute Gasteiger partial charge is 0.0697 e. The highest BCUT2D eigenvalue weighted by molar-refractivity contribution is 4.99. The third-order valence-corrected chi connectivity index (χ3v) is 4.32. The lowest BCUT2D eigenvalue weighted by Gasteiger charge is -2.47. The molecule has 3 rings (SSSR count). The standard InChI is InChI=1S/C12H21NO/c1-9-7-11(9)13-10-3-6-14-12(8-10)4-2-5-12/h9-11,13H,2-8H2,1H3. The maximum absolute atomic E-state index is 5.92. The Bertz CT molecular complexity index is 224. The van der Waals surface area contributed by atoms with E-state index in [0.29, 0.717) is 5.60 Å². The Balaban J connectivity index is 1.53. The molecule has 1 aliphatic heterocycles. The maximum atomic E-state index is 5.92. The zero-order chi connectivity index (χ0) is 9.60. The van der Waals surface area contributed by atoms with Crippen molar-refractivity contribution in [2.45, 2.75) is 63.1 Å². The first kappa shape index (κ1) is 9.17. The normalized spacial score (nSPS) is 44.8. The van der Waals surface area contributed by atoms with E-state index in [2.05, 4.69) is 12.2 Å². The monoisotopic (exact) mass is 195 g/mol. The van der Waals surface area contributed by atoms with E-state index in [4.69, 9.17) is 4.74 Å². The lowest BCUT2D eigenvalue weighted by atomic mass is 9.74. The van der Waals surface area contributed by atoms with Gasteiger partial charge in [-0.2, -0.15) is 0 Å². The molecule has 0 radical (unpaired) electrons. The van der Waals surface area contributed by atoms with Gasteiger partial charge in [-0.3, -0.25) is 0 Å². The second-order valence-corrected chi connectivity index (χ2v) is 5.56. The minimum absolute atomic E-state index is 0.314. The number of rotatable bonds is 2. The van der Waals surface area contributed by atoms with Gasteiger partial charge in [0, 0.05) is 18.7 Å². The SMILES string of the molecule is CC1CC1NC1CCOC2(CCC2)C1. The number of ether oxygens (including phenoxy) is 1. The molecule has 14 heavy (non-hydrogen) atoms. The summed E-state index contributed by atoms with van der Waals surface area (Å²) in [4.78, 5) is 0. The van der Waals surface area contributed by atoms with Crippen LogP contribution in [0.1, 0.15) is 45.4 Å². The van der Waals surface area contributed by atoms with Crippen molar-refractivity contribution >= 4 is 0 Å². The minimum atomic E-state index is 0.314. The molecule has 3 atom stereocenters. The Labute approximate surface area is 86.4 Å². The van der Waals surface area contributed by atoms with Crippen LogP contribution in [0, 0.1) is 5.92 Å². The van der Waals surface area contributed by atoms with Crippen molar-refractivity contribution in [2.24, 2.45) is 5.92 Å². The molecular weight excluding hydrogens is 174 g/mol. The molecule has 0 bridgehead atoms. The fraction of sp³-hybridized carbons (Fsp3) is 1.00. The first-order valence-electron chi connectivity index (χ1n) is 6.17. The Morgan fingerprint density at radius 3 is 2.71 bits per heavy atom. The van der Waals surface area contributed by atoms with Crippen LogP contribution in [0.5, 0.6) is 0 Å². The summed E-state index contributed by atoms with van der Waals surface area (Å²) in [5.74, 6) is 0.926. The largest absolute Gasteiger partial charge is 0.375 e. The highest BCUT2D eigenvalue weighted by atomic mass is 16.5. The van der Waals surface area contributed by atoms with Crippen LogP contribution in [-0.2, 0) is 4.74 Å². The van der Waals surface area contributed by atoms with Crippen LogP contribution in [0.4, 0.5) is 0 Å². The summed E-state index contributed by atoms with van der Waals surface area (Å²) in [5.41, 5.74) is 0.314. The van der Waals surface area contributed by atoms with Gasteiger partial charge in [0.25, 0.3) is 0 Å². The molecule has 2 heteroatoms. The number of hydrogen-bond donors (Lipinski definition) is 1. The van der Waals surface area contributed by atoms with Crippen molar-refractivity contribution < 1.29 is 4.74 Å². The lowest BCUT2D eigenvalue weighted by molar-refractivity contribution is -0.135. The van der Waals surface area contributed by atoms with E-state index in [1.807, 2.05) is 0 Å². The summed E-state index contributed by atoms with van der Waals surface area (Å²) >= 11 is 0. The van der Waals surface area contributed by atoms with Gasteiger partial charge in [-0.25, -0.2) is 0 Å². The Morgan fingerprint density at radius 1 is 1.36 bits per heavy atom. The van der Waals surface area contributed by atoms with Crippen LogP contribution in [0.15, 0.2) is 0 Å². The third kappa shape index (κ3) is 1.59. The van der Waals surface area contributed by atoms with Gasteiger partial charge < -0.3 is 10.1 Å². The first-order valence-corrected chi connectivity index (χ1v) is 6.17. The maximum Gasteiger partial charge on any atom is 0.0697 e. The highest BCUT2D eigenvalue weighted by Crippen LogP contribution is 2.43. The average Bonchev–Trinajstić information content (AvgIpc) is 2.80. The van der Waals surface area contributed by atoms with Crippen LogP contribution in [0.25, 0.3) is 0 Å². The summed E-state index contributed by atoms with van der Waals surface area (Å²) in [6.45, 7) is 3.33. The van der Waals surface area contributed by atoms with E-state index >= 15 is 0 Å². The van der Waals surface area contributed by atoms with Crippen molar-refractivity contribution in [3.05, 3.63) is 0 Å². The zero-order valence-electron chi connectivity index (χ0n) is 9.09. The Morgan fingerprint density at radius 2 is 2.14 bits per heavy atom. The molecule has 2 saturated carbocycles. The molecule has 2 nitrogen and oxygen atoms in total. The fourth-order valence-corrected chi connectivity index (χ4v) is 2.95. The summed E-state index contributed by atoms with van der Waals surface area (Å²) in [5, 5.41) is 3.79. The van der Waals surface area contributed by atoms with Crippen molar-refractivity contribution in [1.29, 1.82) is 0 Å². The van der Waals surface area contributed by atoms with Gasteiger partial charge in [-0.1, -0.05) is 6.92 Å². The second kappa shape index (κ2) is 3.21. The van der Waals surface area contributed by atoms with Gasteiger partial charge >= 0.3 is 0 Å². The summed E-state index contributed by atoms with van der Waals surface area (Å²) in [7, 11) is 0. The van der Waals surface area contributed by atoms with E-state index in [0.717, 1.165) is 24.6 Å². The van der Waals surface area contributed by atoms with Gasteiger partial charge in [-0.15, -0.1) is 0 Å². The van der Waals surface area contributed by atoms with Crippen LogP contribution in [-0.4, -0.2) is 24.3 Å². The van der Waals surface area contributed by atoms with Crippen molar-refractivity contribution in [3.63, 3.8) is 0 Å². The van der Waals surface area contributed by atoms with Gasteiger partial charge in [-0.05, 0) is 44.4 Å². The molecule has 0 aromatic carbocycles. The fourth-order valence-electron chi connectivity index (χ4n) is 2.95. The van der Waals surface area contributed by atoms with Gasteiger partial charge in [0.15, 0.2) is 0 Å². The predicted octanol–water partition coefficient (Wildman–Crippen LogP) is 2.09. The van der Waals surface area contributed by atoms with E-state index in [1.165, 1.54) is 38.5 Å². The second-order valence-electron chi connectivity index (χ2n) is 5.56. The predicted molar refractivity (Wildman–Crippen MR) is 56.3 cm³/mol. The van der Waals surface area contributed by atoms with Gasteiger partial charge in [0.1, 0.15) is 0 Å². The average molecular weight is 195 g/mol. The van der Waals surface area contributed by atoms with E-state index < -0.39 is 0 Å². The molecule has 0 aromatic rings. The molecule has 0 aromatic heterocycles. The lowest BCUT2D eigenvalue weighted by Crippen LogP contribution is -2.51. The molecule has 2 aliphatic carbocycles. The van der Waals surface area contributed by atoms with E-state index in [-0.39, 0.29) is 0 Å². The topological polar surface area (TPSA) is 21.3 Å². The molecule has 1 spiro atoms. The molecule has 1 heterocycles. The summed E-state index contributed by atoms with van der Waals surface area (Å²) < 4.78 is 5.92. The van der Waals surface area contributed by atoms with Crippen molar-refractivity contribution in [1.82, 2.24) is 5.32 Å². The van der Waals surface area contributed by atoms with Crippen molar-refractivity contribution in [2.75, 3.05) is 6.61 Å². The van der Waals surface area contributed by atoms with Crippen LogP contribution >= 0.6 is 0 Å². The van der Waals surface area contributed by atoms with Crippen LogP contribution in [0.2, 0.25) is 0 Å². The highest BCUT2D eigenvalue weighted by Gasteiger charge is 2.44. The van der Waals surface area contributed by atoms with Gasteiger partial charge in [0.05, 0.1) is 5.60 Å². The Hall–Kier alpha value is -0.0800. The minimum Gasteiger partial charge on any atom is -0.375 e. The summed E-state index contributed by atoms with van der Waals surface area (Å²) in [6, 6.07) is 1.58. The van der Waals surface area contributed by atoms with E-state index in [9.17, 15) is 0 Å². The quantitative estimate of drug-likeness (QED) is 0.728. The van der Waals surface area contributed by atoms with E-state index in [1.54, 1.807) is 0 Å². The molecule has 3 fully saturated rings. The van der Waals surface area contributed by atoms with Gasteiger partial charge in [0.2, 0.25) is 0 Å². The van der Waals surface area contributed by atoms with Crippen LogP contribution < -0.4 is 5.32 Å². The zero-order valence-corrected chi connectivity index (χ0v) is 9.09. The molecule has 1 saturated heterocycles. The molecular formula is C12H21NO. The third-order valence-electron chi connectivity index (χ3n) is 4.32. The molecule has 0 amide bonds. The molecule has 3 unspecified atom stereocenters.